The number of aromatic nitrogens is 3. The number of rotatable bonds is 6. The van der Waals surface area contributed by atoms with Gasteiger partial charge in [-0.05, 0) is 49.7 Å². The molecule has 6 nitrogen and oxygen atoms in total. The first-order chi connectivity index (χ1) is 16.0. The summed E-state index contributed by atoms with van der Waals surface area (Å²) in [4.78, 5) is 15.8. The van der Waals surface area contributed by atoms with Crippen LogP contribution in [0, 0.1) is 5.92 Å². The second-order valence-corrected chi connectivity index (χ2v) is 10.0. The van der Waals surface area contributed by atoms with Crippen LogP contribution >= 0.6 is 22.9 Å². The monoisotopic (exact) mass is 484 g/mol. The van der Waals surface area contributed by atoms with Crippen molar-refractivity contribution >= 4 is 49.9 Å². The van der Waals surface area contributed by atoms with Crippen molar-refractivity contribution in [1.29, 1.82) is 0 Å². The minimum atomic E-state index is -0.284. The number of nitrogens with one attached hydrogen (secondary N) is 2. The zero-order valence-electron chi connectivity index (χ0n) is 18.4. The third-order valence-corrected chi connectivity index (χ3v) is 7.35. The Balaban J connectivity index is 1.30. The van der Waals surface area contributed by atoms with Gasteiger partial charge in [-0.2, -0.15) is 4.98 Å². The normalized spacial score (nSPS) is 19.6. The predicted molar refractivity (Wildman–Crippen MR) is 134 cm³/mol. The van der Waals surface area contributed by atoms with E-state index in [1.807, 2.05) is 6.92 Å². The number of piperidine rings is 1. The molecular weight excluding hydrogens is 459 g/mol. The van der Waals surface area contributed by atoms with Crippen molar-refractivity contribution < 1.29 is 4.39 Å². The van der Waals surface area contributed by atoms with Gasteiger partial charge in [-0.3, -0.25) is 4.90 Å². The summed E-state index contributed by atoms with van der Waals surface area (Å²) in [5.74, 6) is 0.340. The number of thiazole rings is 1. The predicted octanol–water partition coefficient (Wildman–Crippen LogP) is 6.57. The van der Waals surface area contributed by atoms with Crippen LogP contribution in [0.4, 0.5) is 21.0 Å². The Morgan fingerprint density at radius 2 is 1.91 bits per heavy atom. The number of halogens is 2. The fourth-order valence-electron chi connectivity index (χ4n) is 4.22. The van der Waals surface area contributed by atoms with Crippen molar-refractivity contribution in [3.05, 3.63) is 58.8 Å². The van der Waals surface area contributed by atoms with Gasteiger partial charge in [0.15, 0.2) is 16.6 Å². The van der Waals surface area contributed by atoms with Gasteiger partial charge in [-0.1, -0.05) is 48.4 Å². The molecule has 9 heteroatoms. The Kier molecular flexibility index (Phi) is 6.57. The Bertz CT molecular complexity index is 1200. The van der Waals surface area contributed by atoms with Gasteiger partial charge in [0.05, 0.1) is 5.03 Å². The Morgan fingerprint density at radius 3 is 2.70 bits per heavy atom. The molecule has 1 unspecified atom stereocenters. The molecule has 33 heavy (non-hydrogen) atoms. The summed E-state index contributed by atoms with van der Waals surface area (Å²) in [7, 11) is 0. The minimum Gasteiger partial charge on any atom is -0.342 e. The maximum Gasteiger partial charge on any atom is 0.189 e. The van der Waals surface area contributed by atoms with Crippen molar-refractivity contribution in [2.24, 2.45) is 5.92 Å². The van der Waals surface area contributed by atoms with Crippen molar-refractivity contribution in [1.82, 2.24) is 19.9 Å². The van der Waals surface area contributed by atoms with Gasteiger partial charge in [-0.25, -0.2) is 14.4 Å². The van der Waals surface area contributed by atoms with Gasteiger partial charge in [0.1, 0.15) is 16.9 Å². The first-order valence-corrected chi connectivity index (χ1v) is 12.5. The lowest BCUT2D eigenvalue weighted by Crippen LogP contribution is -2.28. The lowest BCUT2D eigenvalue weighted by Gasteiger charge is -2.26. The van der Waals surface area contributed by atoms with Crippen LogP contribution < -0.4 is 10.6 Å². The van der Waals surface area contributed by atoms with E-state index in [4.69, 9.17) is 11.6 Å². The number of nitrogens with zero attached hydrogens (tertiary/aromatic N) is 4. The minimum absolute atomic E-state index is 0.0218. The Hall–Kier alpha value is -2.55. The number of hydrogen-bond acceptors (Lipinski definition) is 7. The van der Waals surface area contributed by atoms with E-state index < -0.39 is 0 Å². The molecule has 0 amide bonds. The summed E-state index contributed by atoms with van der Waals surface area (Å²) in [5.41, 5.74) is 3.74. The van der Waals surface area contributed by atoms with Gasteiger partial charge >= 0.3 is 0 Å². The van der Waals surface area contributed by atoms with E-state index in [2.05, 4.69) is 54.8 Å². The van der Waals surface area contributed by atoms with Gasteiger partial charge in [0.25, 0.3) is 0 Å². The average Bonchev–Trinajstić information content (AvgIpc) is 3.23. The molecule has 1 atom stereocenters. The highest BCUT2D eigenvalue weighted by Crippen LogP contribution is 2.35. The highest BCUT2D eigenvalue weighted by atomic mass is 35.5. The molecule has 0 radical (unpaired) electrons. The molecular formula is C24H26ClFN6S. The second-order valence-electron chi connectivity index (χ2n) is 8.64. The van der Waals surface area contributed by atoms with Crippen molar-refractivity contribution in [3.63, 3.8) is 0 Å². The second kappa shape index (κ2) is 9.75. The first-order valence-electron chi connectivity index (χ1n) is 11.3. The largest absolute Gasteiger partial charge is 0.342 e. The van der Waals surface area contributed by atoms with Crippen LogP contribution in [0.1, 0.15) is 38.2 Å². The summed E-state index contributed by atoms with van der Waals surface area (Å²) in [6, 6.07) is 8.52. The molecule has 1 aliphatic heterocycles. The fraction of sp³-hybridized carbons (Fsp3) is 0.375. The zero-order chi connectivity index (χ0) is 22.8. The highest BCUT2D eigenvalue weighted by Gasteiger charge is 2.21. The SMILES string of the molecule is CC1CC(F)=C(Cl)C=C1Nc1ncnc2nc(Nc3ccc(CN4CCCCC4)cc3)sc12. The van der Waals surface area contributed by atoms with Gasteiger partial charge in [0.2, 0.25) is 0 Å². The summed E-state index contributed by atoms with van der Waals surface area (Å²) >= 11 is 7.48. The number of allylic oxidation sites excluding steroid dienone is 4. The Labute approximate surface area is 201 Å². The summed E-state index contributed by atoms with van der Waals surface area (Å²) < 4.78 is 14.6. The number of likely N-dealkylation sites (tertiary alicyclic amines) is 1. The number of benzene rings is 1. The topological polar surface area (TPSA) is 66.0 Å². The number of fused-ring (bicyclic) bond motifs is 1. The van der Waals surface area contributed by atoms with E-state index in [1.54, 1.807) is 6.08 Å². The molecule has 0 bridgehead atoms. The van der Waals surface area contributed by atoms with Gasteiger partial charge < -0.3 is 10.6 Å². The summed E-state index contributed by atoms with van der Waals surface area (Å²) in [5, 5.41) is 7.57. The lowest BCUT2D eigenvalue weighted by molar-refractivity contribution is 0.221. The highest BCUT2D eigenvalue weighted by molar-refractivity contribution is 7.22. The van der Waals surface area contributed by atoms with Crippen LogP contribution in [0.3, 0.4) is 0 Å². The van der Waals surface area contributed by atoms with E-state index in [-0.39, 0.29) is 23.2 Å². The maximum absolute atomic E-state index is 13.8. The number of hydrogen-bond donors (Lipinski definition) is 2. The molecule has 2 aliphatic rings. The molecule has 3 heterocycles. The van der Waals surface area contributed by atoms with E-state index >= 15 is 0 Å². The zero-order valence-corrected chi connectivity index (χ0v) is 20.0. The van der Waals surface area contributed by atoms with Crippen LogP contribution in [-0.4, -0.2) is 32.9 Å². The van der Waals surface area contributed by atoms with E-state index in [1.165, 1.54) is 55.6 Å². The molecule has 0 saturated carbocycles. The van der Waals surface area contributed by atoms with E-state index in [9.17, 15) is 4.39 Å². The molecule has 1 aromatic carbocycles. The summed E-state index contributed by atoms with van der Waals surface area (Å²) in [6.07, 6.45) is 7.33. The molecule has 2 N–H and O–H groups in total. The first kappa shape index (κ1) is 22.3. The molecule has 1 fully saturated rings. The van der Waals surface area contributed by atoms with Crippen LogP contribution in [0.2, 0.25) is 0 Å². The number of anilines is 3. The van der Waals surface area contributed by atoms with Crippen molar-refractivity contribution in [3.8, 4) is 0 Å². The smallest absolute Gasteiger partial charge is 0.189 e. The van der Waals surface area contributed by atoms with Crippen molar-refractivity contribution in [2.75, 3.05) is 23.7 Å². The van der Waals surface area contributed by atoms with Crippen LogP contribution in [0.5, 0.6) is 0 Å². The van der Waals surface area contributed by atoms with E-state index in [0.717, 1.165) is 27.8 Å². The standard InChI is InChI=1S/C24H26ClFN6S/c1-15-11-19(26)18(25)12-20(15)30-22-21-23(28-14-27-22)31-24(33-21)29-17-7-5-16(6-8-17)13-32-9-3-2-4-10-32/h5-8,12,14-15H,2-4,9-11,13H2,1H3,(H2,27,28,29,30,31). The van der Waals surface area contributed by atoms with Crippen LogP contribution in [0.15, 0.2) is 53.2 Å². The Morgan fingerprint density at radius 1 is 1.12 bits per heavy atom. The van der Waals surface area contributed by atoms with Crippen LogP contribution in [0.25, 0.3) is 10.3 Å². The van der Waals surface area contributed by atoms with E-state index in [0.29, 0.717) is 11.5 Å². The van der Waals surface area contributed by atoms with Gasteiger partial charge in [0, 0.05) is 30.3 Å². The third-order valence-electron chi connectivity index (χ3n) is 6.07. The molecule has 1 saturated heterocycles. The van der Waals surface area contributed by atoms with Crippen LogP contribution in [-0.2, 0) is 6.54 Å². The summed E-state index contributed by atoms with van der Waals surface area (Å²) in [6.45, 7) is 5.34. The molecule has 172 valence electrons. The third kappa shape index (κ3) is 5.18. The molecule has 1 aliphatic carbocycles. The lowest BCUT2D eigenvalue weighted by atomic mass is 9.98. The maximum atomic E-state index is 13.8. The van der Waals surface area contributed by atoms with Crippen molar-refractivity contribution in [2.45, 2.75) is 39.2 Å². The molecule has 5 rings (SSSR count). The average molecular weight is 485 g/mol. The van der Waals surface area contributed by atoms with Gasteiger partial charge in [-0.15, -0.1) is 0 Å². The molecule has 3 aromatic rings. The quantitative estimate of drug-likeness (QED) is 0.412. The molecule has 0 spiro atoms. The fourth-order valence-corrected chi connectivity index (χ4v) is 5.30. The molecule has 2 aromatic heterocycles.